The summed E-state index contributed by atoms with van der Waals surface area (Å²) in [5, 5.41) is 5.68. The van der Waals surface area contributed by atoms with Gasteiger partial charge in [-0.1, -0.05) is 13.8 Å². The monoisotopic (exact) mass is 254 g/mol. The Bertz CT molecular complexity index is 217. The number of unbranched alkanes of at least 4 members (excludes halogenated alkanes) is 1. The van der Waals surface area contributed by atoms with Crippen LogP contribution in [-0.2, 0) is 4.79 Å². The molecule has 0 spiro atoms. The third kappa shape index (κ3) is 13.2. The fraction of sp³-hybridized carbons (Fsp3) is 0.909. The van der Waals surface area contributed by atoms with Gasteiger partial charge in [-0.25, -0.2) is 0 Å². The Kier molecular flexibility index (Phi) is 7.95. The number of carbonyl (C=O) groups is 1. The summed E-state index contributed by atoms with van der Waals surface area (Å²) < 4.78 is 35.4. The number of carbonyl (C=O) groups excluding carboxylic acids is 1. The maximum absolute atomic E-state index is 11.8. The van der Waals surface area contributed by atoms with Gasteiger partial charge in [0.15, 0.2) is 0 Å². The normalized spacial score (nSPS) is 11.9. The molecule has 102 valence electrons. The van der Waals surface area contributed by atoms with Gasteiger partial charge in [0, 0.05) is 32.0 Å². The van der Waals surface area contributed by atoms with Crippen LogP contribution in [0, 0.1) is 0 Å². The van der Waals surface area contributed by atoms with E-state index >= 15 is 0 Å². The summed E-state index contributed by atoms with van der Waals surface area (Å²) in [6.07, 6.45) is -4.09. The van der Waals surface area contributed by atoms with Gasteiger partial charge >= 0.3 is 6.18 Å². The summed E-state index contributed by atoms with van der Waals surface area (Å²) in [4.78, 5) is 11.2. The smallest absolute Gasteiger partial charge is 0.356 e. The third-order valence-corrected chi connectivity index (χ3v) is 2.11. The van der Waals surface area contributed by atoms with E-state index in [9.17, 15) is 18.0 Å². The highest BCUT2D eigenvalue weighted by atomic mass is 19.4. The summed E-state index contributed by atoms with van der Waals surface area (Å²) in [5.74, 6) is -0.120. The molecule has 17 heavy (non-hydrogen) atoms. The van der Waals surface area contributed by atoms with Crippen molar-refractivity contribution in [3.05, 3.63) is 0 Å². The second-order valence-corrected chi connectivity index (χ2v) is 4.28. The number of rotatable bonds is 8. The van der Waals surface area contributed by atoms with Gasteiger partial charge in [0.1, 0.15) is 0 Å². The van der Waals surface area contributed by atoms with Gasteiger partial charge in [0.2, 0.25) is 5.91 Å². The van der Waals surface area contributed by atoms with Gasteiger partial charge in [-0.05, 0) is 12.8 Å². The van der Waals surface area contributed by atoms with Crippen molar-refractivity contribution < 1.29 is 18.0 Å². The number of nitrogens with one attached hydrogen (secondary N) is 2. The molecule has 0 aromatic carbocycles. The molecule has 0 aromatic heterocycles. The van der Waals surface area contributed by atoms with Gasteiger partial charge in [-0.15, -0.1) is 0 Å². The molecule has 0 aliphatic rings. The van der Waals surface area contributed by atoms with E-state index in [1.165, 1.54) is 0 Å². The van der Waals surface area contributed by atoms with Crippen LogP contribution in [0.4, 0.5) is 13.2 Å². The van der Waals surface area contributed by atoms with Crippen molar-refractivity contribution in [2.75, 3.05) is 13.1 Å². The molecular weight excluding hydrogens is 233 g/mol. The Hall–Kier alpha value is -0.780. The Morgan fingerprint density at radius 1 is 1.18 bits per heavy atom. The average molecular weight is 254 g/mol. The molecule has 0 heterocycles. The molecule has 0 aliphatic heterocycles. The number of amides is 1. The zero-order valence-electron chi connectivity index (χ0n) is 10.4. The van der Waals surface area contributed by atoms with Crippen molar-refractivity contribution in [1.29, 1.82) is 0 Å². The molecule has 0 atom stereocenters. The molecule has 0 aromatic rings. The SMILES string of the molecule is CC(C)NCCC(=O)NCCCCC(F)(F)F. The standard InChI is InChI=1S/C11H21F3N2O/c1-9(2)15-8-5-10(17)16-7-4-3-6-11(12,13)14/h9,15H,3-8H2,1-2H3,(H,16,17). The van der Waals surface area contributed by atoms with Crippen LogP contribution in [0.3, 0.4) is 0 Å². The van der Waals surface area contributed by atoms with Crippen LogP contribution in [0.1, 0.15) is 39.5 Å². The Labute approximate surface area is 100 Å². The third-order valence-electron chi connectivity index (χ3n) is 2.11. The lowest BCUT2D eigenvalue weighted by atomic mass is 10.2. The molecule has 0 rings (SSSR count). The second-order valence-electron chi connectivity index (χ2n) is 4.28. The first-order valence-corrected chi connectivity index (χ1v) is 5.88. The van der Waals surface area contributed by atoms with Crippen LogP contribution in [0.5, 0.6) is 0 Å². The average Bonchev–Trinajstić information content (AvgIpc) is 2.14. The Balaban J connectivity index is 3.34. The van der Waals surface area contributed by atoms with Crippen molar-refractivity contribution in [1.82, 2.24) is 10.6 Å². The number of alkyl halides is 3. The van der Waals surface area contributed by atoms with Crippen LogP contribution in [0.25, 0.3) is 0 Å². The first-order valence-electron chi connectivity index (χ1n) is 5.88. The Morgan fingerprint density at radius 3 is 2.35 bits per heavy atom. The van der Waals surface area contributed by atoms with Crippen LogP contribution >= 0.6 is 0 Å². The molecule has 0 saturated heterocycles. The van der Waals surface area contributed by atoms with Crippen molar-refractivity contribution in [2.45, 2.75) is 51.7 Å². The quantitative estimate of drug-likeness (QED) is 0.652. The summed E-state index contributed by atoms with van der Waals surface area (Å²) in [6.45, 7) is 4.87. The predicted octanol–water partition coefficient (Wildman–Crippen LogP) is 2.22. The largest absolute Gasteiger partial charge is 0.389 e. The first-order chi connectivity index (χ1) is 7.81. The minimum absolute atomic E-state index is 0.0635. The van der Waals surface area contributed by atoms with E-state index in [0.29, 0.717) is 32.0 Å². The van der Waals surface area contributed by atoms with Gasteiger partial charge in [-0.3, -0.25) is 4.79 Å². The summed E-state index contributed by atoms with van der Waals surface area (Å²) >= 11 is 0. The lowest BCUT2D eigenvalue weighted by molar-refractivity contribution is -0.135. The van der Waals surface area contributed by atoms with Crippen molar-refractivity contribution in [3.8, 4) is 0 Å². The Morgan fingerprint density at radius 2 is 1.82 bits per heavy atom. The minimum atomic E-state index is -4.09. The van der Waals surface area contributed by atoms with Gasteiger partial charge in [-0.2, -0.15) is 13.2 Å². The topological polar surface area (TPSA) is 41.1 Å². The number of hydrogen-bond donors (Lipinski definition) is 2. The predicted molar refractivity (Wildman–Crippen MR) is 60.7 cm³/mol. The molecule has 3 nitrogen and oxygen atoms in total. The second kappa shape index (κ2) is 8.33. The fourth-order valence-electron chi connectivity index (χ4n) is 1.24. The van der Waals surface area contributed by atoms with E-state index in [1.54, 1.807) is 0 Å². The maximum atomic E-state index is 11.8. The van der Waals surface area contributed by atoms with Crippen molar-refractivity contribution in [3.63, 3.8) is 0 Å². The van der Waals surface area contributed by atoms with Gasteiger partial charge in [0.05, 0.1) is 0 Å². The highest BCUT2D eigenvalue weighted by Gasteiger charge is 2.25. The molecule has 2 N–H and O–H groups in total. The molecule has 6 heteroatoms. The minimum Gasteiger partial charge on any atom is -0.356 e. The molecule has 1 amide bonds. The highest BCUT2D eigenvalue weighted by molar-refractivity contribution is 5.75. The van der Waals surface area contributed by atoms with Crippen molar-refractivity contribution in [2.24, 2.45) is 0 Å². The zero-order chi connectivity index (χ0) is 13.3. The van der Waals surface area contributed by atoms with Crippen LogP contribution < -0.4 is 10.6 Å². The summed E-state index contributed by atoms with van der Waals surface area (Å²) in [5.41, 5.74) is 0. The molecule has 0 aliphatic carbocycles. The van der Waals surface area contributed by atoms with Gasteiger partial charge < -0.3 is 10.6 Å². The molecular formula is C11H21F3N2O. The maximum Gasteiger partial charge on any atom is 0.389 e. The molecule has 0 saturated carbocycles. The molecule has 0 fully saturated rings. The zero-order valence-corrected chi connectivity index (χ0v) is 10.4. The van der Waals surface area contributed by atoms with E-state index in [2.05, 4.69) is 10.6 Å². The van der Waals surface area contributed by atoms with E-state index in [1.807, 2.05) is 13.8 Å². The lowest BCUT2D eigenvalue weighted by Crippen LogP contribution is -2.31. The first kappa shape index (κ1) is 16.2. The lowest BCUT2D eigenvalue weighted by Gasteiger charge is -2.09. The molecule has 0 radical (unpaired) electrons. The van der Waals surface area contributed by atoms with E-state index in [-0.39, 0.29) is 12.3 Å². The van der Waals surface area contributed by atoms with E-state index < -0.39 is 12.6 Å². The highest BCUT2D eigenvalue weighted by Crippen LogP contribution is 2.21. The van der Waals surface area contributed by atoms with Gasteiger partial charge in [0.25, 0.3) is 0 Å². The molecule has 0 bridgehead atoms. The van der Waals surface area contributed by atoms with Crippen LogP contribution in [-0.4, -0.2) is 31.2 Å². The summed E-state index contributed by atoms with van der Waals surface area (Å²) in [6, 6.07) is 0.328. The van der Waals surface area contributed by atoms with E-state index in [0.717, 1.165) is 0 Å². The van der Waals surface area contributed by atoms with Crippen LogP contribution in [0.2, 0.25) is 0 Å². The molecule has 0 unspecified atom stereocenters. The van der Waals surface area contributed by atoms with Crippen molar-refractivity contribution >= 4 is 5.91 Å². The fourth-order valence-corrected chi connectivity index (χ4v) is 1.24. The van der Waals surface area contributed by atoms with Crippen LogP contribution in [0.15, 0.2) is 0 Å². The summed E-state index contributed by atoms with van der Waals surface area (Å²) in [7, 11) is 0. The van der Waals surface area contributed by atoms with E-state index in [4.69, 9.17) is 0 Å². The number of hydrogen-bond acceptors (Lipinski definition) is 2. The number of halogens is 3.